The van der Waals surface area contributed by atoms with Crippen molar-refractivity contribution in [2.75, 3.05) is 38.9 Å². The average Bonchev–Trinajstić information content (AvgIpc) is 4.12. The molecule has 1 spiro atoms. The topological polar surface area (TPSA) is 147 Å². The number of carbonyl (C=O) groups excluding carboxylic acids is 4. The Balaban J connectivity index is 1.19. The van der Waals surface area contributed by atoms with E-state index in [4.69, 9.17) is 18.9 Å². The van der Waals surface area contributed by atoms with Crippen LogP contribution >= 0.6 is 0 Å². The Morgan fingerprint density at radius 2 is 1.47 bits per heavy atom. The van der Waals surface area contributed by atoms with Gasteiger partial charge in [0.15, 0.2) is 11.5 Å². The van der Waals surface area contributed by atoms with Crippen LogP contribution in [0, 0.1) is 17.8 Å². The van der Waals surface area contributed by atoms with E-state index in [-0.39, 0.29) is 32.0 Å². The number of allylic oxidation sites excluding steroid dienone is 2. The molecule has 1 aliphatic carbocycles. The largest absolute Gasteiger partial charge is 0.493 e. The number of methoxy groups -OCH3 is 2. The third kappa shape index (κ3) is 8.85. The molecule has 0 aromatic heterocycles. The lowest BCUT2D eigenvalue weighted by Gasteiger charge is -2.46. The fraction of sp³-hybridized carbons (Fsp3) is 0.302. The minimum absolute atomic E-state index is 0.0113. The first kappa shape index (κ1) is 50.0. The van der Waals surface area contributed by atoms with Crippen molar-refractivity contribution in [3.8, 4) is 29.1 Å². The number of rotatable bonds is 11. The fourth-order valence-corrected chi connectivity index (χ4v) is 12.4. The van der Waals surface area contributed by atoms with E-state index in [9.17, 15) is 5.11 Å². The fourth-order valence-electron chi connectivity index (χ4n) is 12.4. The molecule has 0 bridgehead atoms. The summed E-state index contributed by atoms with van der Waals surface area (Å²) in [5.74, 6) is 4.96. The summed E-state index contributed by atoms with van der Waals surface area (Å²) in [6.07, 6.45) is 5.61. The van der Waals surface area contributed by atoms with Crippen LogP contribution in [0.3, 0.4) is 0 Å². The summed E-state index contributed by atoms with van der Waals surface area (Å²) in [4.78, 5) is 70.0. The quantitative estimate of drug-likeness (QED) is 0.0950. The number of cyclic esters (lactones) is 1. The molecule has 4 aliphatic heterocycles. The van der Waals surface area contributed by atoms with Crippen LogP contribution in [0.25, 0.3) is 0 Å². The summed E-state index contributed by atoms with van der Waals surface area (Å²) in [5, 5.41) is 13.1. The number of hydrogen-bond donors (Lipinski definition) is 2. The van der Waals surface area contributed by atoms with E-state index in [2.05, 4.69) is 23.2 Å². The van der Waals surface area contributed by atoms with E-state index in [1.165, 1.54) is 4.90 Å². The third-order valence-corrected chi connectivity index (χ3v) is 15.8. The monoisotopic (exact) mass is 1020 g/mol. The number of nitrogens with one attached hydrogen (secondary N) is 1. The Bertz CT molecular complexity index is 3280. The molecule has 6 aromatic rings. The molecule has 5 aliphatic rings. The number of fused-ring (bicyclic) bond motifs is 4. The van der Waals surface area contributed by atoms with Gasteiger partial charge in [-0.1, -0.05) is 121 Å². The van der Waals surface area contributed by atoms with Crippen LogP contribution in [0.4, 0.5) is 10.5 Å². The molecule has 2 N–H and O–H groups in total. The molecule has 386 valence electrons. The highest BCUT2D eigenvalue weighted by molar-refractivity contribution is 6.24. The number of benzene rings is 6. The van der Waals surface area contributed by atoms with Gasteiger partial charge in [-0.2, -0.15) is 0 Å². The molecule has 0 saturated carbocycles. The number of esters is 1. The van der Waals surface area contributed by atoms with E-state index >= 15 is 19.2 Å². The zero-order valence-electron chi connectivity index (χ0n) is 42.8. The molecule has 76 heavy (non-hydrogen) atoms. The number of carbonyl (C=O) groups is 4. The predicted octanol–water partition coefficient (Wildman–Crippen LogP) is 9.65. The van der Waals surface area contributed by atoms with Crippen molar-refractivity contribution in [3.63, 3.8) is 0 Å². The highest BCUT2D eigenvalue weighted by Gasteiger charge is 2.76. The maximum atomic E-state index is 17.1. The van der Waals surface area contributed by atoms with Gasteiger partial charge in [-0.3, -0.25) is 19.3 Å². The van der Waals surface area contributed by atoms with Crippen LogP contribution in [-0.2, 0) is 37.5 Å². The minimum Gasteiger partial charge on any atom is -0.493 e. The Labute approximate surface area is 443 Å². The molecule has 6 aromatic carbocycles. The second-order valence-corrected chi connectivity index (χ2v) is 20.1. The Morgan fingerprint density at radius 3 is 2.17 bits per heavy atom. The average molecular weight is 1020 g/mol. The summed E-state index contributed by atoms with van der Waals surface area (Å²) in [5.41, 5.74) is 4.89. The Kier molecular flexibility index (Phi) is 14.0. The molecule has 2 fully saturated rings. The second kappa shape index (κ2) is 21.2. The number of urea groups is 1. The molecule has 4 amide bonds. The lowest BCUT2D eigenvalue weighted by Crippen LogP contribution is -2.57. The number of imide groups is 1. The first-order valence-electron chi connectivity index (χ1n) is 26.1. The van der Waals surface area contributed by atoms with E-state index in [1.807, 2.05) is 145 Å². The molecule has 0 radical (unpaired) electrons. The van der Waals surface area contributed by atoms with Gasteiger partial charge >= 0.3 is 12.0 Å². The van der Waals surface area contributed by atoms with E-state index in [1.54, 1.807) is 31.3 Å². The molecule has 7 atom stereocenters. The van der Waals surface area contributed by atoms with Crippen LogP contribution in [0.2, 0.25) is 0 Å². The Hall–Kier alpha value is -8.18. The lowest BCUT2D eigenvalue weighted by molar-refractivity contribution is -0.179. The van der Waals surface area contributed by atoms with Gasteiger partial charge in [0.2, 0.25) is 11.8 Å². The van der Waals surface area contributed by atoms with Crippen molar-refractivity contribution in [1.29, 1.82) is 0 Å². The smallest absolute Gasteiger partial charge is 0.329 e. The van der Waals surface area contributed by atoms with Crippen molar-refractivity contribution in [3.05, 3.63) is 202 Å². The van der Waals surface area contributed by atoms with E-state index < -0.39 is 65.4 Å². The molecular formula is C63H60N4O9. The van der Waals surface area contributed by atoms with Crippen molar-refractivity contribution in [2.24, 2.45) is 5.92 Å². The summed E-state index contributed by atoms with van der Waals surface area (Å²) in [6.45, 7) is 1.98. The van der Waals surface area contributed by atoms with Crippen LogP contribution < -0.4 is 24.4 Å². The standard InChI is InChI=1S/C63H60N4O9/c1-40(43-19-10-5-11-20-43)64-62(72)66-51-30-29-42(28-27-41-17-8-4-9-18-41)35-50(51)63(61(66)71)54(59(69)65-32-31-46-37-52(73-2)53(74-3)38-48(46)39-65)56-60(70)76-57(45-23-14-7-15-24-45)55(44-21-12-6-13-22-44)67(56)58(63)47-25-16-26-49(36-47)75-34-33-68/h5-7,10-17,19-26,29-30,35-38,40,54-58,68H,4,8-9,18,31-34,39H2,1-3H3,(H,64,72)/t40-,54-,55-,56-,57+,58+,63-/m1/s1. The SMILES string of the molecule is COc1cc2c(cc1OC)CN(C(=O)[C@H]1[C@@H]3C(=O)O[C@@H](c4ccccc4)[C@@H](c4ccccc4)N3[C@@H](c3cccc(OCCO)c3)[C@]13C(=O)N(C(=O)N[C@H](C)c1ccccc1)c1ccc(C#CC4=CCCCC4)cc13)CC2. The van der Waals surface area contributed by atoms with Crippen LogP contribution in [0.15, 0.2) is 157 Å². The molecule has 4 heterocycles. The molecule has 0 unspecified atom stereocenters. The van der Waals surface area contributed by atoms with Crippen LogP contribution in [-0.4, -0.2) is 78.7 Å². The predicted molar refractivity (Wildman–Crippen MR) is 286 cm³/mol. The maximum Gasteiger partial charge on any atom is 0.329 e. The maximum absolute atomic E-state index is 17.1. The van der Waals surface area contributed by atoms with Crippen LogP contribution in [0.5, 0.6) is 17.2 Å². The summed E-state index contributed by atoms with van der Waals surface area (Å²) >= 11 is 0. The number of ether oxygens (including phenoxy) is 4. The third-order valence-electron chi connectivity index (χ3n) is 15.8. The van der Waals surface area contributed by atoms with Crippen LogP contribution in [0.1, 0.15) is 101 Å². The lowest BCUT2D eigenvalue weighted by atomic mass is 9.64. The van der Waals surface area contributed by atoms with Crippen molar-refractivity contribution < 1.29 is 43.2 Å². The van der Waals surface area contributed by atoms with Crippen molar-refractivity contribution >= 4 is 29.5 Å². The number of anilines is 1. The number of amides is 4. The normalized spacial score (nSPS) is 23.0. The Morgan fingerprint density at radius 1 is 0.776 bits per heavy atom. The zero-order chi connectivity index (χ0) is 52.5. The van der Waals surface area contributed by atoms with Gasteiger partial charge in [0.25, 0.3) is 0 Å². The zero-order valence-corrected chi connectivity index (χ0v) is 42.8. The van der Waals surface area contributed by atoms with Gasteiger partial charge in [0.1, 0.15) is 29.9 Å². The summed E-state index contributed by atoms with van der Waals surface area (Å²) in [7, 11) is 3.15. The highest BCUT2D eigenvalue weighted by atomic mass is 16.6. The number of morpholine rings is 1. The van der Waals surface area contributed by atoms with E-state index in [0.717, 1.165) is 53.5 Å². The molecular weight excluding hydrogens is 957 g/mol. The molecule has 2 saturated heterocycles. The highest BCUT2D eigenvalue weighted by Crippen LogP contribution is 2.66. The summed E-state index contributed by atoms with van der Waals surface area (Å²) in [6, 6.07) is 40.7. The van der Waals surface area contributed by atoms with Crippen molar-refractivity contribution in [1.82, 2.24) is 15.1 Å². The van der Waals surface area contributed by atoms with E-state index in [0.29, 0.717) is 45.9 Å². The number of hydrogen-bond acceptors (Lipinski definition) is 10. The molecule has 11 rings (SSSR count). The van der Waals surface area contributed by atoms with Gasteiger partial charge < -0.3 is 34.3 Å². The summed E-state index contributed by atoms with van der Waals surface area (Å²) < 4.78 is 24.3. The van der Waals surface area contributed by atoms with Gasteiger partial charge in [-0.25, -0.2) is 9.69 Å². The number of aliphatic hydroxyl groups is 1. The van der Waals surface area contributed by atoms with Crippen molar-refractivity contribution in [2.45, 2.75) is 81.3 Å². The first-order chi connectivity index (χ1) is 37.1. The molecule has 13 heteroatoms. The van der Waals surface area contributed by atoms with Gasteiger partial charge in [0.05, 0.1) is 50.6 Å². The minimum atomic E-state index is -2.02. The van der Waals surface area contributed by atoms with Gasteiger partial charge in [-0.05, 0) is 126 Å². The first-order valence-corrected chi connectivity index (χ1v) is 26.1. The molecule has 13 nitrogen and oxygen atoms in total. The van der Waals surface area contributed by atoms with Gasteiger partial charge in [0, 0.05) is 18.7 Å². The van der Waals surface area contributed by atoms with Gasteiger partial charge in [-0.15, -0.1) is 0 Å². The number of aliphatic hydroxyl groups excluding tert-OH is 1. The number of nitrogens with zero attached hydrogens (tertiary/aromatic N) is 3. The second-order valence-electron chi connectivity index (χ2n) is 20.1.